The third kappa shape index (κ3) is 5.59. The van der Waals surface area contributed by atoms with Crippen LogP contribution in [0.5, 0.6) is 0 Å². The van der Waals surface area contributed by atoms with Gasteiger partial charge in [-0.3, -0.25) is 4.79 Å². The van der Waals surface area contributed by atoms with Gasteiger partial charge in [0.05, 0.1) is 0 Å². The van der Waals surface area contributed by atoms with Gasteiger partial charge >= 0.3 is 0 Å². The van der Waals surface area contributed by atoms with E-state index in [1.807, 2.05) is 4.90 Å². The summed E-state index contributed by atoms with van der Waals surface area (Å²) in [5, 5.41) is 0. The van der Waals surface area contributed by atoms with Crippen LogP contribution in [0.15, 0.2) is 18.3 Å². The Labute approximate surface area is 122 Å². The van der Waals surface area contributed by atoms with E-state index in [2.05, 4.69) is 32.7 Å². The van der Waals surface area contributed by atoms with Gasteiger partial charge in [0.1, 0.15) is 5.82 Å². The summed E-state index contributed by atoms with van der Waals surface area (Å²) in [7, 11) is 0. The number of aromatic nitrogens is 1. The Hall–Kier alpha value is -1.58. The number of nitrogens with zero attached hydrogens (tertiary/aromatic N) is 2. The van der Waals surface area contributed by atoms with Gasteiger partial charge in [-0.15, -0.1) is 0 Å². The van der Waals surface area contributed by atoms with Gasteiger partial charge in [0.25, 0.3) is 5.91 Å². The van der Waals surface area contributed by atoms with Crippen LogP contribution >= 0.6 is 0 Å². The Bertz CT molecular complexity index is 417. The average molecular weight is 277 g/mol. The third-order valence-corrected chi connectivity index (χ3v) is 3.27. The molecule has 0 aliphatic heterocycles. The number of anilines is 1. The number of hydrogen-bond donors (Lipinski definition) is 1. The van der Waals surface area contributed by atoms with Crippen LogP contribution in [-0.4, -0.2) is 28.9 Å². The van der Waals surface area contributed by atoms with Crippen molar-refractivity contribution in [3.63, 3.8) is 0 Å². The Balaban J connectivity index is 2.76. The Morgan fingerprint density at radius 1 is 1.20 bits per heavy atom. The molecule has 1 rings (SSSR count). The van der Waals surface area contributed by atoms with E-state index in [9.17, 15) is 4.79 Å². The molecule has 1 aromatic rings. The van der Waals surface area contributed by atoms with Crippen LogP contribution < -0.4 is 5.73 Å². The number of carbonyl (C=O) groups excluding carboxylic acids is 1. The fourth-order valence-corrected chi connectivity index (χ4v) is 1.91. The lowest BCUT2D eigenvalue weighted by molar-refractivity contribution is 0.0741. The molecule has 0 aliphatic rings. The van der Waals surface area contributed by atoms with Crippen LogP contribution in [0.1, 0.15) is 50.9 Å². The lowest BCUT2D eigenvalue weighted by Crippen LogP contribution is -2.34. The molecule has 1 heterocycles. The zero-order valence-electron chi connectivity index (χ0n) is 13.1. The third-order valence-electron chi connectivity index (χ3n) is 3.27. The number of hydrogen-bond acceptors (Lipinski definition) is 3. The predicted molar refractivity (Wildman–Crippen MR) is 83.5 cm³/mol. The maximum Gasteiger partial charge on any atom is 0.254 e. The molecule has 0 atom stereocenters. The summed E-state index contributed by atoms with van der Waals surface area (Å²) in [6.07, 6.45) is 3.63. The molecule has 0 saturated carbocycles. The number of pyridine rings is 1. The van der Waals surface area contributed by atoms with Crippen molar-refractivity contribution in [1.29, 1.82) is 0 Å². The van der Waals surface area contributed by atoms with Gasteiger partial charge in [0.2, 0.25) is 0 Å². The second kappa shape index (κ2) is 7.88. The normalized spacial score (nSPS) is 11.1. The summed E-state index contributed by atoms with van der Waals surface area (Å²) in [4.78, 5) is 18.4. The van der Waals surface area contributed by atoms with Crippen LogP contribution in [0.3, 0.4) is 0 Å². The van der Waals surface area contributed by atoms with Crippen molar-refractivity contribution in [2.45, 2.75) is 40.5 Å². The minimum atomic E-state index is 0.0559. The van der Waals surface area contributed by atoms with Crippen molar-refractivity contribution >= 4 is 11.7 Å². The summed E-state index contributed by atoms with van der Waals surface area (Å²) < 4.78 is 0. The largest absolute Gasteiger partial charge is 0.384 e. The zero-order chi connectivity index (χ0) is 15.1. The molecule has 1 amide bonds. The molecule has 0 aromatic carbocycles. The van der Waals surface area contributed by atoms with Gasteiger partial charge in [-0.25, -0.2) is 4.98 Å². The molecular weight excluding hydrogens is 250 g/mol. The summed E-state index contributed by atoms with van der Waals surface area (Å²) in [6.45, 7) is 10.3. The van der Waals surface area contributed by atoms with Crippen LogP contribution in [0.2, 0.25) is 0 Å². The fraction of sp³-hybridized carbons (Fsp3) is 0.625. The molecule has 20 heavy (non-hydrogen) atoms. The fourth-order valence-electron chi connectivity index (χ4n) is 1.91. The first kappa shape index (κ1) is 16.5. The molecule has 0 aliphatic carbocycles. The lowest BCUT2D eigenvalue weighted by atomic mass is 10.1. The van der Waals surface area contributed by atoms with Gasteiger partial charge in [0.15, 0.2) is 0 Å². The molecule has 2 N–H and O–H groups in total. The minimum absolute atomic E-state index is 0.0559. The van der Waals surface area contributed by atoms with Gasteiger partial charge < -0.3 is 10.6 Å². The second-order valence-corrected chi connectivity index (χ2v) is 6.13. The molecular formula is C16H27N3O. The minimum Gasteiger partial charge on any atom is -0.384 e. The standard InChI is InChI=1S/C16H27N3O/c1-12(2)6-9-19(10-7-13(3)4)16(20)14-5-8-18-15(17)11-14/h5,8,11-13H,6-7,9-10H2,1-4H3,(H2,17,18). The van der Waals surface area contributed by atoms with E-state index in [0.29, 0.717) is 23.2 Å². The van der Waals surface area contributed by atoms with Gasteiger partial charge in [-0.05, 0) is 36.8 Å². The average Bonchev–Trinajstić information content (AvgIpc) is 2.37. The van der Waals surface area contributed by atoms with Crippen molar-refractivity contribution in [3.05, 3.63) is 23.9 Å². The number of amides is 1. The van der Waals surface area contributed by atoms with Crippen molar-refractivity contribution in [3.8, 4) is 0 Å². The van der Waals surface area contributed by atoms with Gasteiger partial charge in [-0.2, -0.15) is 0 Å². The van der Waals surface area contributed by atoms with Gasteiger partial charge in [-0.1, -0.05) is 27.7 Å². The monoisotopic (exact) mass is 277 g/mol. The first-order chi connectivity index (χ1) is 9.40. The number of rotatable bonds is 7. The Kier molecular flexibility index (Phi) is 6.49. The van der Waals surface area contributed by atoms with Crippen molar-refractivity contribution < 1.29 is 4.79 Å². The maximum absolute atomic E-state index is 12.6. The summed E-state index contributed by atoms with van der Waals surface area (Å²) >= 11 is 0. The molecule has 0 saturated heterocycles. The van der Waals surface area contributed by atoms with E-state index in [0.717, 1.165) is 25.9 Å². The summed E-state index contributed by atoms with van der Waals surface area (Å²) in [6, 6.07) is 3.39. The highest BCUT2D eigenvalue weighted by molar-refractivity contribution is 5.94. The number of carbonyl (C=O) groups is 1. The maximum atomic E-state index is 12.6. The topological polar surface area (TPSA) is 59.2 Å². The first-order valence-corrected chi connectivity index (χ1v) is 7.41. The molecule has 0 spiro atoms. The zero-order valence-corrected chi connectivity index (χ0v) is 13.1. The molecule has 0 bridgehead atoms. The first-order valence-electron chi connectivity index (χ1n) is 7.41. The molecule has 112 valence electrons. The van der Waals surface area contributed by atoms with E-state index in [4.69, 9.17) is 5.73 Å². The number of nitrogens with two attached hydrogens (primary N) is 1. The molecule has 0 unspecified atom stereocenters. The van der Waals surface area contributed by atoms with Crippen LogP contribution in [0, 0.1) is 11.8 Å². The van der Waals surface area contributed by atoms with Crippen LogP contribution in [-0.2, 0) is 0 Å². The second-order valence-electron chi connectivity index (χ2n) is 6.13. The van der Waals surface area contributed by atoms with Gasteiger partial charge in [0, 0.05) is 24.8 Å². The van der Waals surface area contributed by atoms with E-state index in [1.54, 1.807) is 18.3 Å². The highest BCUT2D eigenvalue weighted by Crippen LogP contribution is 2.12. The summed E-state index contributed by atoms with van der Waals surface area (Å²) in [5.41, 5.74) is 6.29. The van der Waals surface area contributed by atoms with Crippen molar-refractivity contribution in [2.75, 3.05) is 18.8 Å². The smallest absolute Gasteiger partial charge is 0.254 e. The molecule has 0 fully saturated rings. The highest BCUT2D eigenvalue weighted by Gasteiger charge is 2.16. The molecule has 4 heteroatoms. The molecule has 0 radical (unpaired) electrons. The van der Waals surface area contributed by atoms with E-state index in [-0.39, 0.29) is 5.91 Å². The highest BCUT2D eigenvalue weighted by atomic mass is 16.2. The van der Waals surface area contributed by atoms with E-state index >= 15 is 0 Å². The Morgan fingerprint density at radius 2 is 1.75 bits per heavy atom. The SMILES string of the molecule is CC(C)CCN(CCC(C)C)C(=O)c1ccnc(N)c1. The molecule has 1 aromatic heterocycles. The van der Waals surface area contributed by atoms with Crippen molar-refractivity contribution in [1.82, 2.24) is 9.88 Å². The van der Waals surface area contributed by atoms with E-state index < -0.39 is 0 Å². The van der Waals surface area contributed by atoms with Crippen LogP contribution in [0.25, 0.3) is 0 Å². The van der Waals surface area contributed by atoms with Crippen LogP contribution in [0.4, 0.5) is 5.82 Å². The Morgan fingerprint density at radius 3 is 2.20 bits per heavy atom. The molecule has 4 nitrogen and oxygen atoms in total. The summed E-state index contributed by atoms with van der Waals surface area (Å²) in [5.74, 6) is 1.63. The predicted octanol–water partition coefficient (Wildman–Crippen LogP) is 3.20. The number of nitrogen functional groups attached to an aromatic ring is 1. The van der Waals surface area contributed by atoms with Crippen molar-refractivity contribution in [2.24, 2.45) is 11.8 Å². The lowest BCUT2D eigenvalue weighted by Gasteiger charge is -2.24. The quantitative estimate of drug-likeness (QED) is 0.832. The van der Waals surface area contributed by atoms with E-state index in [1.165, 1.54) is 0 Å².